The van der Waals surface area contributed by atoms with Crippen molar-refractivity contribution in [3.05, 3.63) is 155 Å². The van der Waals surface area contributed by atoms with Gasteiger partial charge in [-0.1, -0.05) is 127 Å². The minimum atomic E-state index is -0.320. The molecular formula is C59H60F2N2S2. The molecule has 3 aromatic heterocycles. The highest BCUT2D eigenvalue weighted by molar-refractivity contribution is 7.19. The van der Waals surface area contributed by atoms with Crippen LogP contribution in [0.2, 0.25) is 0 Å². The molecule has 0 aliphatic heterocycles. The standard InChI is InChI=1S/C59H60F2N2S2/c1-7-11-13-39(9-3)35-59(36-40(10-4)14-12-8-2)50-33-37(5)15-26-46(50)47-27-21-43(34-51(47)59)52-31-32-54(65-52)49-29-28-48(53-30-16-38(6)64-53)57-58(49)63-56(42-19-24-45(61)25-20-42)55(62-57)41-17-22-44(60)23-18-41/h15-34,39-40H,7-14,35-36H2,1-6H3. The summed E-state index contributed by atoms with van der Waals surface area (Å²) in [6, 6.07) is 40.6. The second kappa shape index (κ2) is 19.3. The Balaban J connectivity index is 1.21. The largest absolute Gasteiger partial charge is 0.243 e. The molecule has 0 amide bonds. The molecule has 2 atom stereocenters. The van der Waals surface area contributed by atoms with Gasteiger partial charge in [0.1, 0.15) is 11.6 Å². The van der Waals surface area contributed by atoms with Gasteiger partial charge in [-0.05, 0) is 145 Å². The third kappa shape index (κ3) is 8.89. The summed E-state index contributed by atoms with van der Waals surface area (Å²) < 4.78 is 28.6. The third-order valence-electron chi connectivity index (χ3n) is 14.1. The molecule has 2 nitrogen and oxygen atoms in total. The van der Waals surface area contributed by atoms with Crippen LogP contribution in [0, 0.1) is 37.3 Å². The highest BCUT2D eigenvalue weighted by atomic mass is 32.1. The normalized spacial score (nSPS) is 15.3. The lowest BCUT2D eigenvalue weighted by atomic mass is 9.65. The molecule has 332 valence electrons. The number of unbranched alkanes of at least 4 members (excludes halogenated alkanes) is 2. The number of benzene rings is 5. The lowest BCUT2D eigenvalue weighted by Gasteiger charge is -2.39. The maximum Gasteiger partial charge on any atom is 0.123 e. The van der Waals surface area contributed by atoms with E-state index >= 15 is 0 Å². The summed E-state index contributed by atoms with van der Waals surface area (Å²) in [6.07, 6.45) is 12.4. The van der Waals surface area contributed by atoms with Gasteiger partial charge in [-0.15, -0.1) is 22.7 Å². The van der Waals surface area contributed by atoms with Gasteiger partial charge < -0.3 is 0 Å². The van der Waals surface area contributed by atoms with Gasteiger partial charge in [-0.2, -0.15) is 0 Å². The summed E-state index contributed by atoms with van der Waals surface area (Å²) in [5, 5.41) is 0. The maximum atomic E-state index is 14.4. The number of nitrogens with zero attached hydrogens (tertiary/aromatic N) is 2. The van der Waals surface area contributed by atoms with Crippen LogP contribution >= 0.6 is 22.7 Å². The van der Waals surface area contributed by atoms with Crippen molar-refractivity contribution in [1.29, 1.82) is 0 Å². The minimum Gasteiger partial charge on any atom is -0.243 e. The number of hydrogen-bond donors (Lipinski definition) is 0. The number of aromatic nitrogens is 2. The van der Waals surface area contributed by atoms with E-state index in [1.54, 1.807) is 52.5 Å². The summed E-state index contributed by atoms with van der Waals surface area (Å²) in [5.41, 5.74) is 14.7. The van der Waals surface area contributed by atoms with Gasteiger partial charge in [0.05, 0.1) is 22.4 Å². The average Bonchev–Trinajstić information content (AvgIpc) is 4.06. The first-order valence-corrected chi connectivity index (χ1v) is 25.6. The van der Waals surface area contributed by atoms with Crippen LogP contribution in [0.4, 0.5) is 8.78 Å². The van der Waals surface area contributed by atoms with E-state index in [4.69, 9.17) is 9.97 Å². The molecule has 8 aromatic rings. The quantitative estimate of drug-likeness (QED) is 0.0910. The first-order valence-electron chi connectivity index (χ1n) is 23.9. The molecular weight excluding hydrogens is 839 g/mol. The summed E-state index contributed by atoms with van der Waals surface area (Å²) in [4.78, 5) is 15.5. The molecule has 0 saturated heterocycles. The molecule has 1 aliphatic rings. The van der Waals surface area contributed by atoms with Crippen molar-refractivity contribution in [1.82, 2.24) is 9.97 Å². The molecule has 65 heavy (non-hydrogen) atoms. The number of hydrogen-bond acceptors (Lipinski definition) is 4. The molecule has 9 rings (SSSR count). The SMILES string of the molecule is CCCCC(CC)CC1(CC(CC)CCCC)c2cc(C)ccc2-c2ccc(-c3ccc(-c4ccc(-c5ccc(C)s5)c5nc(-c6ccc(F)cc6)c(-c6ccc(F)cc6)nc45)s3)cc21. The van der Waals surface area contributed by atoms with E-state index in [9.17, 15) is 8.78 Å². The molecule has 0 bridgehead atoms. The highest BCUT2D eigenvalue weighted by Gasteiger charge is 2.45. The van der Waals surface area contributed by atoms with Crippen molar-refractivity contribution in [2.45, 2.75) is 111 Å². The van der Waals surface area contributed by atoms with Crippen molar-refractivity contribution in [3.8, 4) is 65.0 Å². The van der Waals surface area contributed by atoms with Crippen LogP contribution < -0.4 is 0 Å². The second-order valence-corrected chi connectivity index (χ2v) is 20.9. The maximum absolute atomic E-state index is 14.4. The number of fused-ring (bicyclic) bond motifs is 4. The second-order valence-electron chi connectivity index (χ2n) is 18.5. The Hall–Kier alpha value is -5.30. The smallest absolute Gasteiger partial charge is 0.123 e. The highest BCUT2D eigenvalue weighted by Crippen LogP contribution is 2.57. The van der Waals surface area contributed by atoms with Crippen LogP contribution in [-0.2, 0) is 5.41 Å². The molecule has 0 radical (unpaired) electrons. The zero-order valence-electron chi connectivity index (χ0n) is 38.7. The molecule has 5 aromatic carbocycles. The Morgan fingerprint density at radius 3 is 1.46 bits per heavy atom. The fraction of sp³-hybridized carbons (Fsp3) is 0.322. The average molecular weight is 899 g/mol. The van der Waals surface area contributed by atoms with Gasteiger partial charge in [0.15, 0.2) is 0 Å². The van der Waals surface area contributed by atoms with E-state index < -0.39 is 0 Å². The molecule has 3 heterocycles. The molecule has 0 N–H and O–H groups in total. The predicted octanol–water partition coefficient (Wildman–Crippen LogP) is 18.5. The number of thiophene rings is 2. The molecule has 2 unspecified atom stereocenters. The fourth-order valence-electron chi connectivity index (χ4n) is 10.5. The van der Waals surface area contributed by atoms with E-state index in [1.165, 1.54) is 126 Å². The molecule has 1 aliphatic carbocycles. The van der Waals surface area contributed by atoms with Crippen molar-refractivity contribution in [2.75, 3.05) is 0 Å². The van der Waals surface area contributed by atoms with E-state index in [-0.39, 0.29) is 17.0 Å². The van der Waals surface area contributed by atoms with E-state index in [2.05, 4.69) is 114 Å². The van der Waals surface area contributed by atoms with Gasteiger partial charge in [0.25, 0.3) is 0 Å². The van der Waals surface area contributed by atoms with Crippen molar-refractivity contribution in [2.24, 2.45) is 11.8 Å². The Bertz CT molecular complexity index is 2920. The van der Waals surface area contributed by atoms with Crippen molar-refractivity contribution < 1.29 is 8.78 Å². The number of aryl methyl sites for hydroxylation is 2. The zero-order valence-corrected chi connectivity index (χ0v) is 40.4. The molecule has 6 heteroatoms. The monoisotopic (exact) mass is 898 g/mol. The fourth-order valence-corrected chi connectivity index (χ4v) is 12.4. The number of rotatable bonds is 17. The van der Waals surface area contributed by atoms with E-state index in [0.29, 0.717) is 23.2 Å². The summed E-state index contributed by atoms with van der Waals surface area (Å²) in [6.45, 7) is 13.9. The van der Waals surface area contributed by atoms with Gasteiger partial charge in [-0.25, -0.2) is 18.7 Å². The first-order chi connectivity index (χ1) is 31.6. The van der Waals surface area contributed by atoms with Gasteiger partial charge in [0, 0.05) is 47.2 Å². The van der Waals surface area contributed by atoms with Crippen molar-refractivity contribution >= 4 is 33.7 Å². The Morgan fingerprint density at radius 1 is 0.492 bits per heavy atom. The summed E-state index contributed by atoms with van der Waals surface area (Å²) in [7, 11) is 0. The first kappa shape index (κ1) is 44.9. The lowest BCUT2D eigenvalue weighted by Crippen LogP contribution is -2.31. The molecule has 0 fully saturated rings. The Morgan fingerprint density at radius 2 is 0.954 bits per heavy atom. The van der Waals surface area contributed by atoms with Crippen LogP contribution in [0.25, 0.3) is 76.0 Å². The summed E-state index contributed by atoms with van der Waals surface area (Å²) >= 11 is 3.53. The summed E-state index contributed by atoms with van der Waals surface area (Å²) in [5.74, 6) is 0.681. The Kier molecular flexibility index (Phi) is 13.3. The lowest BCUT2D eigenvalue weighted by molar-refractivity contribution is 0.266. The van der Waals surface area contributed by atoms with E-state index in [0.717, 1.165) is 43.0 Å². The molecule has 0 saturated carbocycles. The predicted molar refractivity (Wildman–Crippen MR) is 274 cm³/mol. The van der Waals surface area contributed by atoms with Crippen molar-refractivity contribution in [3.63, 3.8) is 0 Å². The zero-order chi connectivity index (χ0) is 45.2. The molecule has 0 spiro atoms. The van der Waals surface area contributed by atoms with Crippen LogP contribution in [0.3, 0.4) is 0 Å². The topological polar surface area (TPSA) is 25.8 Å². The van der Waals surface area contributed by atoms with E-state index in [1.807, 2.05) is 0 Å². The Labute approximate surface area is 392 Å². The van der Waals surface area contributed by atoms with Crippen LogP contribution in [0.1, 0.15) is 113 Å². The third-order valence-corrected chi connectivity index (χ3v) is 16.3. The van der Waals surface area contributed by atoms with Crippen LogP contribution in [0.15, 0.2) is 121 Å². The number of halogens is 2. The van der Waals surface area contributed by atoms with Gasteiger partial charge in [0.2, 0.25) is 0 Å². The van der Waals surface area contributed by atoms with Gasteiger partial charge in [-0.3, -0.25) is 0 Å². The van der Waals surface area contributed by atoms with Crippen LogP contribution in [-0.4, -0.2) is 9.97 Å². The van der Waals surface area contributed by atoms with Gasteiger partial charge >= 0.3 is 0 Å². The van der Waals surface area contributed by atoms with Crippen LogP contribution in [0.5, 0.6) is 0 Å². The minimum absolute atomic E-state index is 0.0453.